The summed E-state index contributed by atoms with van der Waals surface area (Å²) in [6, 6.07) is 23.8. The average molecular weight is 526 g/mol. The third-order valence-corrected chi connectivity index (χ3v) is 6.46. The minimum atomic E-state index is -0.333. The Morgan fingerprint density at radius 1 is 0.947 bits per heavy atom. The number of carbonyl (C=O) groups excluding carboxylic acids is 2. The second-order valence-corrected chi connectivity index (χ2v) is 9.58. The van der Waals surface area contributed by atoms with Gasteiger partial charge in [0.15, 0.2) is 5.69 Å². The molecule has 0 radical (unpaired) electrons. The lowest BCUT2D eigenvalue weighted by atomic mass is 10.0. The fourth-order valence-electron chi connectivity index (χ4n) is 4.00. The number of rotatable bonds is 9. The number of ketones is 1. The lowest BCUT2D eigenvalue weighted by Gasteiger charge is -2.18. The smallest absolute Gasteiger partial charge is 0.253 e. The van der Waals surface area contributed by atoms with Gasteiger partial charge in [0.2, 0.25) is 5.78 Å². The maximum absolute atomic E-state index is 13.3. The van der Waals surface area contributed by atoms with E-state index >= 15 is 0 Å². The summed E-state index contributed by atoms with van der Waals surface area (Å²) < 4.78 is 1.55. The minimum Gasteiger partial charge on any atom is -0.369 e. The lowest BCUT2D eigenvalue weighted by molar-refractivity contribution is 0.0794. The van der Waals surface area contributed by atoms with E-state index in [2.05, 4.69) is 16.5 Å². The van der Waals surface area contributed by atoms with Crippen LogP contribution in [0.25, 0.3) is 5.69 Å². The average Bonchev–Trinajstić information content (AvgIpc) is 3.29. The van der Waals surface area contributed by atoms with Crippen LogP contribution in [0.15, 0.2) is 72.8 Å². The molecule has 1 N–H and O–H groups in total. The molecule has 38 heavy (non-hydrogen) atoms. The van der Waals surface area contributed by atoms with Crippen molar-refractivity contribution in [1.29, 1.82) is 5.26 Å². The second-order valence-electron chi connectivity index (χ2n) is 9.14. The van der Waals surface area contributed by atoms with Gasteiger partial charge >= 0.3 is 0 Å². The first-order valence-electron chi connectivity index (χ1n) is 12.2. The zero-order chi connectivity index (χ0) is 27.2. The third-order valence-electron chi connectivity index (χ3n) is 6.21. The van der Waals surface area contributed by atoms with Gasteiger partial charge in [0.05, 0.1) is 5.69 Å². The Hall–Kier alpha value is -4.41. The maximum atomic E-state index is 13.3. The Morgan fingerprint density at radius 2 is 1.53 bits per heavy atom. The molecular weight excluding hydrogens is 498 g/mol. The number of amides is 1. The molecule has 8 heteroatoms. The number of anilines is 1. The van der Waals surface area contributed by atoms with E-state index in [1.807, 2.05) is 50.2 Å². The molecule has 0 unspecified atom stereocenters. The summed E-state index contributed by atoms with van der Waals surface area (Å²) >= 11 is 6.07. The maximum Gasteiger partial charge on any atom is 0.253 e. The van der Waals surface area contributed by atoms with Gasteiger partial charge in [-0.05, 0) is 56.7 Å². The third kappa shape index (κ3) is 5.93. The number of aryl methyl sites for hydroxylation is 2. The van der Waals surface area contributed by atoms with Crippen LogP contribution in [0.2, 0.25) is 5.02 Å². The fourth-order valence-corrected chi connectivity index (χ4v) is 4.12. The normalized spacial score (nSPS) is 10.6. The highest BCUT2D eigenvalue weighted by molar-refractivity contribution is 6.30. The standard InChI is InChI=1S/C30H28ClN5O2/c1-20-5-9-22(10-6-20)28(37)27-26(19-32)29(36(34-27)25-15-13-24(31)14-16-25)33-17-4-18-35(3)30(38)23-11-7-21(2)8-12-23/h5-16,33H,4,17-18H2,1-3H3. The number of hydrogen-bond acceptors (Lipinski definition) is 5. The predicted molar refractivity (Wildman–Crippen MR) is 149 cm³/mol. The molecule has 0 spiro atoms. The number of halogens is 1. The van der Waals surface area contributed by atoms with Crippen molar-refractivity contribution in [3.63, 3.8) is 0 Å². The number of hydrogen-bond donors (Lipinski definition) is 1. The molecule has 0 saturated heterocycles. The molecule has 192 valence electrons. The fraction of sp³-hybridized carbons (Fsp3) is 0.200. The van der Waals surface area contributed by atoms with E-state index in [4.69, 9.17) is 11.6 Å². The summed E-state index contributed by atoms with van der Waals surface area (Å²) in [6.07, 6.45) is 0.617. The van der Waals surface area contributed by atoms with Gasteiger partial charge < -0.3 is 10.2 Å². The molecule has 0 fully saturated rings. The van der Waals surface area contributed by atoms with Crippen LogP contribution in [0.5, 0.6) is 0 Å². The van der Waals surface area contributed by atoms with Gasteiger partial charge in [-0.25, -0.2) is 4.68 Å². The minimum absolute atomic E-state index is 0.0556. The van der Waals surface area contributed by atoms with Crippen LogP contribution in [-0.2, 0) is 0 Å². The first kappa shape index (κ1) is 26.6. The summed E-state index contributed by atoms with van der Waals surface area (Å²) in [4.78, 5) is 27.7. The van der Waals surface area contributed by atoms with E-state index < -0.39 is 0 Å². The van der Waals surface area contributed by atoms with Crippen LogP contribution < -0.4 is 5.32 Å². The van der Waals surface area contributed by atoms with E-state index in [1.165, 1.54) is 0 Å². The molecule has 0 aliphatic rings. The summed E-state index contributed by atoms with van der Waals surface area (Å²) in [6.45, 7) is 4.88. The quantitative estimate of drug-likeness (QED) is 0.219. The Kier molecular flexibility index (Phi) is 8.25. The van der Waals surface area contributed by atoms with E-state index in [1.54, 1.807) is 53.0 Å². The van der Waals surface area contributed by atoms with Crippen LogP contribution in [0.1, 0.15) is 49.5 Å². The predicted octanol–water partition coefficient (Wildman–Crippen LogP) is 5.82. The summed E-state index contributed by atoms with van der Waals surface area (Å²) in [5.41, 5.74) is 4.10. The zero-order valence-electron chi connectivity index (χ0n) is 21.5. The molecule has 0 bridgehead atoms. The SMILES string of the molecule is Cc1ccc(C(=O)c2nn(-c3ccc(Cl)cc3)c(NCCCN(C)C(=O)c3ccc(C)cc3)c2C#N)cc1. The van der Waals surface area contributed by atoms with Crippen molar-refractivity contribution in [2.45, 2.75) is 20.3 Å². The molecule has 0 aliphatic carbocycles. The van der Waals surface area contributed by atoms with Crippen molar-refractivity contribution < 1.29 is 9.59 Å². The van der Waals surface area contributed by atoms with Crippen LogP contribution in [0, 0.1) is 25.2 Å². The molecule has 1 amide bonds. The Morgan fingerprint density at radius 3 is 2.11 bits per heavy atom. The number of carbonyl (C=O) groups is 2. The van der Waals surface area contributed by atoms with Gasteiger partial charge in [0.1, 0.15) is 17.5 Å². The summed E-state index contributed by atoms with van der Waals surface area (Å²) in [5.74, 6) is 0.0263. The van der Waals surface area contributed by atoms with Gasteiger partial charge in [0.25, 0.3) is 5.91 Å². The van der Waals surface area contributed by atoms with Crippen molar-refractivity contribution in [3.8, 4) is 11.8 Å². The van der Waals surface area contributed by atoms with Crippen molar-refractivity contribution in [2.75, 3.05) is 25.5 Å². The number of aromatic nitrogens is 2. The number of nitrogens with zero attached hydrogens (tertiary/aromatic N) is 4. The van der Waals surface area contributed by atoms with Crippen LogP contribution in [-0.4, -0.2) is 46.5 Å². The lowest BCUT2D eigenvalue weighted by Crippen LogP contribution is -2.29. The Labute approximate surface area is 227 Å². The van der Waals surface area contributed by atoms with Crippen molar-refractivity contribution >= 4 is 29.1 Å². The molecule has 1 aromatic heterocycles. The molecule has 7 nitrogen and oxygen atoms in total. The monoisotopic (exact) mass is 525 g/mol. The largest absolute Gasteiger partial charge is 0.369 e. The first-order valence-corrected chi connectivity index (χ1v) is 12.6. The number of nitrogens with one attached hydrogen (secondary N) is 1. The highest BCUT2D eigenvalue weighted by atomic mass is 35.5. The van der Waals surface area contributed by atoms with E-state index in [0.29, 0.717) is 47.2 Å². The number of nitriles is 1. The Balaban J connectivity index is 1.55. The van der Waals surface area contributed by atoms with Crippen LogP contribution in [0.3, 0.4) is 0 Å². The molecule has 0 atom stereocenters. The van der Waals surface area contributed by atoms with Crippen molar-refractivity contribution in [1.82, 2.24) is 14.7 Å². The first-order chi connectivity index (χ1) is 18.3. The van der Waals surface area contributed by atoms with E-state index in [-0.39, 0.29) is 22.9 Å². The second kappa shape index (κ2) is 11.8. The van der Waals surface area contributed by atoms with Gasteiger partial charge in [-0.15, -0.1) is 0 Å². The molecule has 3 aromatic carbocycles. The molecule has 0 saturated carbocycles. The molecule has 4 rings (SSSR count). The zero-order valence-corrected chi connectivity index (χ0v) is 22.3. The highest BCUT2D eigenvalue weighted by Gasteiger charge is 2.25. The van der Waals surface area contributed by atoms with E-state index in [9.17, 15) is 14.9 Å². The van der Waals surface area contributed by atoms with Crippen LogP contribution in [0.4, 0.5) is 5.82 Å². The van der Waals surface area contributed by atoms with Crippen molar-refractivity contribution in [3.05, 3.63) is 111 Å². The van der Waals surface area contributed by atoms with Gasteiger partial charge in [-0.3, -0.25) is 9.59 Å². The molecular formula is C30H28ClN5O2. The van der Waals surface area contributed by atoms with Gasteiger partial charge in [-0.2, -0.15) is 10.4 Å². The van der Waals surface area contributed by atoms with Gasteiger partial charge in [-0.1, -0.05) is 59.1 Å². The molecule has 1 heterocycles. The number of benzene rings is 3. The summed E-state index contributed by atoms with van der Waals surface area (Å²) in [5, 5.41) is 18.4. The van der Waals surface area contributed by atoms with Crippen LogP contribution >= 0.6 is 11.6 Å². The highest BCUT2D eigenvalue weighted by Crippen LogP contribution is 2.26. The summed E-state index contributed by atoms with van der Waals surface area (Å²) in [7, 11) is 1.76. The van der Waals surface area contributed by atoms with E-state index in [0.717, 1.165) is 11.1 Å². The molecule has 0 aliphatic heterocycles. The van der Waals surface area contributed by atoms with Gasteiger partial charge in [0, 0.05) is 36.3 Å². The Bertz CT molecular complexity index is 1480. The molecule has 4 aromatic rings. The topological polar surface area (TPSA) is 91.0 Å². The van der Waals surface area contributed by atoms with Crippen molar-refractivity contribution in [2.24, 2.45) is 0 Å².